The molecule has 2 unspecified atom stereocenters. The van der Waals surface area contributed by atoms with E-state index < -0.39 is 11.3 Å². The van der Waals surface area contributed by atoms with Gasteiger partial charge in [0.15, 0.2) is 0 Å². The van der Waals surface area contributed by atoms with E-state index in [2.05, 4.69) is 23.9 Å². The van der Waals surface area contributed by atoms with Crippen LogP contribution in [-0.2, 0) is 34.0 Å². The molecule has 0 saturated carbocycles. The topological polar surface area (TPSA) is 84.1 Å². The maximum atomic E-state index is 14.5. The van der Waals surface area contributed by atoms with Crippen LogP contribution < -0.4 is 0 Å². The van der Waals surface area contributed by atoms with Gasteiger partial charge in [-0.25, -0.2) is 0 Å². The number of benzene rings is 2. The van der Waals surface area contributed by atoms with Crippen LogP contribution in [0.4, 0.5) is 0 Å². The number of rotatable bonds is 5. The Hall–Kier alpha value is -2.78. The van der Waals surface area contributed by atoms with Crippen molar-refractivity contribution in [3.8, 4) is 0 Å². The molecule has 0 spiro atoms. The van der Waals surface area contributed by atoms with Gasteiger partial charge >= 0.3 is 11.9 Å². The van der Waals surface area contributed by atoms with Gasteiger partial charge in [0.05, 0.1) is 5.92 Å². The summed E-state index contributed by atoms with van der Waals surface area (Å²) in [6.07, 6.45) is 5.21. The Kier molecular flexibility index (Phi) is 5.58. The van der Waals surface area contributed by atoms with Gasteiger partial charge < -0.3 is 18.9 Å². The average Bonchev–Trinajstić information content (AvgIpc) is 3.91. The van der Waals surface area contributed by atoms with Crippen LogP contribution in [0, 0.1) is 0 Å². The lowest BCUT2D eigenvalue weighted by Crippen LogP contribution is -2.50. The fraction of sp³-hybridized carbons (Fsp3) is 0.588. The predicted molar refractivity (Wildman–Crippen MR) is 152 cm³/mol. The molecule has 2 aromatic rings. The van der Waals surface area contributed by atoms with E-state index in [1.807, 2.05) is 54.6 Å². The van der Waals surface area contributed by atoms with Gasteiger partial charge in [-0.1, -0.05) is 54.6 Å². The number of hydrogen-bond donors (Lipinski definition) is 0. The highest BCUT2D eigenvalue weighted by Crippen LogP contribution is 2.52. The van der Waals surface area contributed by atoms with E-state index in [0.29, 0.717) is 49.2 Å². The highest BCUT2D eigenvalue weighted by molar-refractivity contribution is 5.91. The lowest BCUT2D eigenvalue weighted by molar-refractivity contribution is -0.162. The van der Waals surface area contributed by atoms with E-state index in [0.717, 1.165) is 42.4 Å². The highest BCUT2D eigenvalue weighted by Gasteiger charge is 2.64. The zero-order valence-corrected chi connectivity index (χ0v) is 24.1. The number of hydrogen-bond acceptors (Lipinski definition) is 8. The van der Waals surface area contributed by atoms with Crippen LogP contribution in [0.5, 0.6) is 0 Å². The van der Waals surface area contributed by atoms with Gasteiger partial charge in [0.1, 0.15) is 42.0 Å². The largest absolute Gasteiger partial charge is 0.462 e. The van der Waals surface area contributed by atoms with Gasteiger partial charge in [-0.3, -0.25) is 19.4 Å². The fourth-order valence-corrected chi connectivity index (χ4v) is 9.53. The molecule has 12 atom stereocenters. The predicted octanol–water partition coefficient (Wildman–Crippen LogP) is 3.16. The van der Waals surface area contributed by atoms with Crippen molar-refractivity contribution in [2.45, 2.75) is 111 Å². The first kappa shape index (κ1) is 25.7. The van der Waals surface area contributed by atoms with Gasteiger partial charge in [-0.05, 0) is 43.6 Å². The van der Waals surface area contributed by atoms with Crippen LogP contribution in [-0.4, -0.2) is 96.6 Å². The van der Waals surface area contributed by atoms with Crippen LogP contribution in [0.1, 0.15) is 61.1 Å². The Bertz CT molecular complexity index is 1400. The first-order valence-corrected chi connectivity index (χ1v) is 15.8. The summed E-state index contributed by atoms with van der Waals surface area (Å²) in [4.78, 5) is 33.1. The van der Waals surface area contributed by atoms with Gasteiger partial charge in [0, 0.05) is 49.9 Å². The van der Waals surface area contributed by atoms with Crippen molar-refractivity contribution in [1.82, 2.24) is 9.80 Å². The lowest BCUT2D eigenvalue weighted by atomic mass is 9.63. The van der Waals surface area contributed by atoms with E-state index in [9.17, 15) is 9.59 Å². The third-order valence-corrected chi connectivity index (χ3v) is 11.8. The van der Waals surface area contributed by atoms with Crippen molar-refractivity contribution in [3.63, 3.8) is 0 Å². The smallest absolute Gasteiger partial charge is 0.321 e. The number of piperidine rings is 2. The second-order valence-electron chi connectivity index (χ2n) is 13.7. The molecular weight excluding hydrogens is 532 g/mol. The minimum atomic E-state index is -0.971. The summed E-state index contributed by atoms with van der Waals surface area (Å²) in [6.45, 7) is 0. The number of epoxide rings is 2. The zero-order valence-electron chi connectivity index (χ0n) is 24.1. The third kappa shape index (κ3) is 3.62. The summed E-state index contributed by atoms with van der Waals surface area (Å²) in [7, 11) is 4.33. The highest BCUT2D eigenvalue weighted by atomic mass is 16.6. The molecule has 8 nitrogen and oxygen atoms in total. The van der Waals surface area contributed by atoms with Crippen molar-refractivity contribution in [1.29, 1.82) is 0 Å². The summed E-state index contributed by atoms with van der Waals surface area (Å²) in [6, 6.07) is 19.2. The molecule has 1 aliphatic carbocycles. The second-order valence-corrected chi connectivity index (χ2v) is 13.7. The van der Waals surface area contributed by atoms with Crippen molar-refractivity contribution >= 4 is 11.9 Å². The molecule has 8 heteroatoms. The Labute approximate surface area is 246 Å². The summed E-state index contributed by atoms with van der Waals surface area (Å²) in [5.41, 5.74) is 1.70. The average molecular weight is 571 g/mol. The van der Waals surface area contributed by atoms with Gasteiger partial charge in [0.25, 0.3) is 0 Å². The molecule has 2 aromatic carbocycles. The Balaban J connectivity index is 1.00. The maximum absolute atomic E-state index is 14.5. The number of esters is 2. The molecule has 7 aliphatic rings. The number of fused-ring (bicyclic) bond motifs is 11. The first-order chi connectivity index (χ1) is 20.4. The van der Waals surface area contributed by atoms with Crippen molar-refractivity contribution in [2.24, 2.45) is 0 Å². The molecule has 42 heavy (non-hydrogen) atoms. The van der Waals surface area contributed by atoms with Crippen molar-refractivity contribution in [3.05, 3.63) is 71.3 Å². The number of morpholine rings is 2. The fourth-order valence-electron chi connectivity index (χ4n) is 9.53. The molecule has 0 radical (unpaired) electrons. The molecule has 4 bridgehead atoms. The molecule has 0 amide bonds. The monoisotopic (exact) mass is 570 g/mol. The normalized spacial score (nSPS) is 44.5. The number of ether oxygens (including phenoxy) is 4. The van der Waals surface area contributed by atoms with E-state index in [4.69, 9.17) is 18.9 Å². The second kappa shape index (κ2) is 9.11. The van der Waals surface area contributed by atoms with Crippen LogP contribution in [0.25, 0.3) is 0 Å². The van der Waals surface area contributed by atoms with E-state index in [1.165, 1.54) is 0 Å². The van der Waals surface area contributed by atoms with Crippen LogP contribution in [0.2, 0.25) is 0 Å². The summed E-state index contributed by atoms with van der Waals surface area (Å²) < 4.78 is 24.4. The lowest BCUT2D eigenvalue weighted by Gasteiger charge is -2.43. The van der Waals surface area contributed by atoms with Crippen molar-refractivity contribution in [2.75, 3.05) is 14.1 Å². The third-order valence-electron chi connectivity index (χ3n) is 11.8. The molecule has 220 valence electrons. The molecule has 0 aromatic heterocycles. The number of carbonyl (C=O) groups excluding carboxylic acids is 2. The Morgan fingerprint density at radius 1 is 0.738 bits per heavy atom. The standard InChI is InChI=1S/C34H38N2O6/c1-35-24-14-19(15-25(35)29-28(24)41-29)39-32(37)22-12-13-34(18-8-4-3-5-9-18,23-11-7-6-10-21(22)23)33(38)40-20-16-26-30-31(42-30)27(17-20)36(26)2/h3-11,19-20,22,24-31H,12-17H2,1-2H3/t19?,20?,22-,24-,25+,26-,27+,28-,29+,30-,31+,34-/m1/s1. The SMILES string of the molecule is CN1[C@@H]2CC(OC(=O)[C@@H]3CC[C@@](C(=O)OC4C[C@@H]5[C@H]6O[C@H]6[C@H](C4)N5C)(c4ccccc4)c4ccccc43)C[C@H]1[C@@H]1O[C@@H]12. The summed E-state index contributed by atoms with van der Waals surface area (Å²) in [5, 5.41) is 0. The van der Waals surface area contributed by atoms with Crippen LogP contribution in [0.3, 0.4) is 0 Å². The molecule has 9 rings (SSSR count). The number of likely N-dealkylation sites (N-methyl/N-ethyl adjacent to an activating group) is 2. The van der Waals surface area contributed by atoms with Gasteiger partial charge in [-0.15, -0.1) is 0 Å². The molecule has 6 heterocycles. The molecule has 0 N–H and O–H groups in total. The van der Waals surface area contributed by atoms with E-state index >= 15 is 0 Å². The quantitative estimate of drug-likeness (QED) is 0.401. The van der Waals surface area contributed by atoms with E-state index in [-0.39, 0.29) is 36.4 Å². The number of nitrogens with zero attached hydrogens (tertiary/aromatic N) is 2. The summed E-state index contributed by atoms with van der Waals surface area (Å²) >= 11 is 0. The Morgan fingerprint density at radius 3 is 1.86 bits per heavy atom. The van der Waals surface area contributed by atoms with E-state index in [1.54, 1.807) is 0 Å². The van der Waals surface area contributed by atoms with Gasteiger partial charge in [-0.2, -0.15) is 0 Å². The van der Waals surface area contributed by atoms with Crippen molar-refractivity contribution < 1.29 is 28.5 Å². The maximum Gasteiger partial charge on any atom is 0.321 e. The first-order valence-electron chi connectivity index (χ1n) is 15.8. The minimum Gasteiger partial charge on any atom is -0.462 e. The number of carbonyl (C=O) groups is 2. The summed E-state index contributed by atoms with van der Waals surface area (Å²) in [5.74, 6) is -0.785. The van der Waals surface area contributed by atoms with Crippen LogP contribution >= 0.6 is 0 Å². The molecular formula is C34H38N2O6. The Morgan fingerprint density at radius 2 is 1.26 bits per heavy atom. The van der Waals surface area contributed by atoms with Gasteiger partial charge in [0.2, 0.25) is 0 Å². The molecule has 6 saturated heterocycles. The zero-order chi connectivity index (χ0) is 28.3. The minimum absolute atomic E-state index is 0.0898. The molecule has 6 fully saturated rings. The van der Waals surface area contributed by atoms with Crippen LogP contribution in [0.15, 0.2) is 54.6 Å². The molecule has 6 aliphatic heterocycles.